The predicted octanol–water partition coefficient (Wildman–Crippen LogP) is 6.52. The van der Waals surface area contributed by atoms with Crippen LogP contribution in [0.5, 0.6) is 0 Å². The molecule has 4 heteroatoms. The third-order valence-electron chi connectivity index (χ3n) is 13.1. The summed E-state index contributed by atoms with van der Waals surface area (Å²) >= 11 is 0. The third-order valence-corrected chi connectivity index (χ3v) is 13.1. The monoisotopic (exact) mass is 500 g/mol. The number of rotatable bonds is 6. The van der Waals surface area contributed by atoms with Crippen LogP contribution in [0.25, 0.3) is 0 Å². The molecule has 0 aromatic heterocycles. The largest absolute Gasteiger partial charge is 0.465 e. The van der Waals surface area contributed by atoms with E-state index in [9.17, 15) is 4.79 Å². The molecule has 11 atom stereocenters. The maximum absolute atomic E-state index is 11.9. The van der Waals surface area contributed by atoms with E-state index in [1.807, 2.05) is 0 Å². The highest BCUT2D eigenvalue weighted by Gasteiger charge is 2.62. The van der Waals surface area contributed by atoms with Crippen molar-refractivity contribution in [1.82, 2.24) is 4.90 Å². The van der Waals surface area contributed by atoms with Crippen LogP contribution in [0.4, 0.5) is 0 Å². The van der Waals surface area contributed by atoms with Crippen molar-refractivity contribution < 1.29 is 9.53 Å². The first kappa shape index (κ1) is 27.0. The molecule has 0 spiro atoms. The second-order valence-corrected chi connectivity index (χ2v) is 14.9. The molecule has 11 unspecified atom stereocenters. The van der Waals surface area contributed by atoms with Gasteiger partial charge in [-0.15, -0.1) is 0 Å². The zero-order valence-electron chi connectivity index (χ0n) is 24.3. The van der Waals surface area contributed by atoms with Crippen LogP contribution in [0.3, 0.4) is 0 Å². The van der Waals surface area contributed by atoms with Gasteiger partial charge in [0.05, 0.1) is 6.61 Å². The van der Waals surface area contributed by atoms with E-state index in [1.165, 1.54) is 64.3 Å². The fraction of sp³-hybridized carbons (Fsp3) is 0.969. The number of ether oxygens (including phenoxy) is 1. The molecule has 4 saturated carbocycles. The molecule has 5 rings (SSSR count). The third kappa shape index (κ3) is 4.48. The predicted molar refractivity (Wildman–Crippen MR) is 147 cm³/mol. The van der Waals surface area contributed by atoms with Crippen LogP contribution in [0, 0.1) is 58.2 Å². The number of hydrogen-bond donors (Lipinski definition) is 1. The summed E-state index contributed by atoms with van der Waals surface area (Å²) in [6, 6.07) is 1.11. The quantitative estimate of drug-likeness (QED) is 0.422. The van der Waals surface area contributed by atoms with Crippen molar-refractivity contribution in [3.05, 3.63) is 0 Å². The average Bonchev–Trinajstić information content (AvgIpc) is 3.37. The van der Waals surface area contributed by atoms with Gasteiger partial charge in [0, 0.05) is 24.4 Å². The van der Waals surface area contributed by atoms with E-state index in [0.29, 0.717) is 24.0 Å². The highest BCUT2D eigenvalue weighted by molar-refractivity contribution is 5.65. The molecule has 5 fully saturated rings. The lowest BCUT2D eigenvalue weighted by Gasteiger charge is -2.62. The zero-order chi connectivity index (χ0) is 25.8. The molecule has 206 valence electrons. The number of likely N-dealkylation sites (tertiary alicyclic amines) is 1. The minimum absolute atomic E-state index is 0.105. The Morgan fingerprint density at radius 1 is 1.03 bits per heavy atom. The fourth-order valence-electron chi connectivity index (χ4n) is 11.3. The van der Waals surface area contributed by atoms with Crippen molar-refractivity contribution in [2.24, 2.45) is 63.9 Å². The number of carbonyl (C=O) groups excluding carboxylic acids is 1. The van der Waals surface area contributed by atoms with E-state index in [-0.39, 0.29) is 11.4 Å². The molecular weight excluding hydrogens is 444 g/mol. The van der Waals surface area contributed by atoms with Crippen LogP contribution in [0.15, 0.2) is 0 Å². The Kier molecular flexibility index (Phi) is 7.62. The summed E-state index contributed by atoms with van der Waals surface area (Å²) in [6.07, 6.45) is 14.4. The number of fused-ring (bicyclic) bond motifs is 5. The fourth-order valence-corrected chi connectivity index (χ4v) is 11.3. The van der Waals surface area contributed by atoms with Crippen LogP contribution < -0.4 is 5.73 Å². The number of nitrogens with zero attached hydrogens (tertiary/aromatic N) is 1. The molecule has 5 aliphatic rings. The van der Waals surface area contributed by atoms with Crippen molar-refractivity contribution >= 4 is 5.97 Å². The van der Waals surface area contributed by atoms with Gasteiger partial charge in [-0.25, -0.2) is 0 Å². The van der Waals surface area contributed by atoms with E-state index in [0.717, 1.165) is 60.3 Å². The first-order chi connectivity index (χ1) is 17.1. The Morgan fingerprint density at radius 3 is 2.53 bits per heavy atom. The molecule has 0 amide bonds. The van der Waals surface area contributed by atoms with E-state index in [2.05, 4.69) is 39.6 Å². The summed E-state index contributed by atoms with van der Waals surface area (Å²) in [7, 11) is 2.38. The average molecular weight is 501 g/mol. The lowest BCUT2D eigenvalue weighted by Crippen LogP contribution is -2.58. The molecular formula is C32H56N2O2. The molecule has 36 heavy (non-hydrogen) atoms. The van der Waals surface area contributed by atoms with Crippen molar-refractivity contribution in [1.29, 1.82) is 0 Å². The second kappa shape index (κ2) is 10.2. The van der Waals surface area contributed by atoms with Gasteiger partial charge in [-0.1, -0.05) is 27.7 Å². The number of nitrogens with two attached hydrogens (primary N) is 1. The SMILES string of the molecule is CC(=O)OCC12CCC(N)CC1CCC1C3CCC(C(C)CC4C(C(C)C)CCN4C)C3(C)CCC12. The van der Waals surface area contributed by atoms with Gasteiger partial charge in [-0.3, -0.25) is 4.79 Å². The Morgan fingerprint density at radius 2 is 1.81 bits per heavy atom. The first-order valence-corrected chi connectivity index (χ1v) is 15.7. The minimum atomic E-state index is -0.105. The number of carbonyl (C=O) groups is 1. The molecule has 0 aromatic carbocycles. The lowest BCUT2D eigenvalue weighted by molar-refractivity contribution is -0.169. The van der Waals surface area contributed by atoms with Crippen molar-refractivity contribution in [2.45, 2.75) is 117 Å². The van der Waals surface area contributed by atoms with Gasteiger partial charge in [0.2, 0.25) is 0 Å². The van der Waals surface area contributed by atoms with E-state index in [1.54, 1.807) is 6.92 Å². The van der Waals surface area contributed by atoms with E-state index in [4.69, 9.17) is 10.5 Å². The minimum Gasteiger partial charge on any atom is -0.465 e. The van der Waals surface area contributed by atoms with Gasteiger partial charge in [-0.05, 0) is 137 Å². The number of hydrogen-bond acceptors (Lipinski definition) is 4. The highest BCUT2D eigenvalue weighted by Crippen LogP contribution is 2.68. The van der Waals surface area contributed by atoms with Crippen LogP contribution >= 0.6 is 0 Å². The molecule has 1 heterocycles. The molecule has 0 aromatic rings. The summed E-state index contributed by atoms with van der Waals surface area (Å²) in [5, 5.41) is 0. The Bertz CT molecular complexity index is 799. The maximum atomic E-state index is 11.9. The Balaban J connectivity index is 1.34. The van der Waals surface area contributed by atoms with Crippen molar-refractivity contribution in [3.63, 3.8) is 0 Å². The molecule has 0 radical (unpaired) electrons. The normalized spacial score (nSPS) is 47.8. The smallest absolute Gasteiger partial charge is 0.302 e. The Hall–Kier alpha value is -0.610. The lowest BCUT2D eigenvalue weighted by atomic mass is 9.44. The maximum Gasteiger partial charge on any atom is 0.302 e. The summed E-state index contributed by atoms with van der Waals surface area (Å²) in [6.45, 7) is 13.7. The molecule has 4 nitrogen and oxygen atoms in total. The van der Waals surface area contributed by atoms with E-state index < -0.39 is 0 Å². The summed E-state index contributed by atoms with van der Waals surface area (Å²) < 4.78 is 5.85. The molecule has 1 aliphatic heterocycles. The van der Waals surface area contributed by atoms with Gasteiger partial charge in [0.25, 0.3) is 0 Å². The molecule has 4 aliphatic carbocycles. The van der Waals surface area contributed by atoms with Gasteiger partial charge in [0.1, 0.15) is 0 Å². The standard InChI is InChI=1S/C32H56N2O2/c1-20(2)25-13-16-34(6)30(25)17-21(3)27-9-10-28-26-8-7-23-18-24(33)11-15-32(23,19-36-22(4)35)29(26)12-14-31(27,28)5/h20-21,23-30H,7-19,33H2,1-6H3. The van der Waals surface area contributed by atoms with Crippen LogP contribution in [0.2, 0.25) is 0 Å². The summed E-state index contributed by atoms with van der Waals surface area (Å²) in [5.41, 5.74) is 7.16. The van der Waals surface area contributed by atoms with Crippen LogP contribution in [-0.2, 0) is 9.53 Å². The van der Waals surface area contributed by atoms with Crippen LogP contribution in [-0.4, -0.2) is 43.2 Å². The Labute approximate surface area is 221 Å². The highest BCUT2D eigenvalue weighted by atomic mass is 16.5. The second-order valence-electron chi connectivity index (χ2n) is 14.9. The molecule has 0 bridgehead atoms. The van der Waals surface area contributed by atoms with Gasteiger partial charge >= 0.3 is 5.97 Å². The van der Waals surface area contributed by atoms with Gasteiger partial charge < -0.3 is 15.4 Å². The topological polar surface area (TPSA) is 55.6 Å². The summed E-state index contributed by atoms with van der Waals surface area (Å²) in [5.74, 6) is 6.28. The molecule has 1 saturated heterocycles. The number of esters is 1. The van der Waals surface area contributed by atoms with Gasteiger partial charge in [-0.2, -0.15) is 0 Å². The van der Waals surface area contributed by atoms with Crippen molar-refractivity contribution in [2.75, 3.05) is 20.2 Å². The summed E-state index contributed by atoms with van der Waals surface area (Å²) in [4.78, 5) is 14.6. The molecule has 2 N–H and O–H groups in total. The van der Waals surface area contributed by atoms with Gasteiger partial charge in [0.15, 0.2) is 0 Å². The van der Waals surface area contributed by atoms with Crippen molar-refractivity contribution in [3.8, 4) is 0 Å². The first-order valence-electron chi connectivity index (χ1n) is 15.7. The van der Waals surface area contributed by atoms with Crippen LogP contribution in [0.1, 0.15) is 105 Å². The van der Waals surface area contributed by atoms with E-state index >= 15 is 0 Å². The zero-order valence-corrected chi connectivity index (χ0v) is 24.3.